The molecule has 2 N–H and O–H groups in total. The van der Waals surface area contributed by atoms with Crippen LogP contribution in [0.1, 0.15) is 5.56 Å². The number of carbonyl (C=O) groups excluding carboxylic acids is 1. The molecule has 0 aliphatic rings. The minimum Gasteiger partial charge on any atom is -0.508 e. The summed E-state index contributed by atoms with van der Waals surface area (Å²) in [6.45, 7) is 2.01. The molecule has 0 aliphatic heterocycles. The Morgan fingerprint density at radius 3 is 2.80 bits per heavy atom. The van der Waals surface area contributed by atoms with E-state index < -0.39 is 0 Å². The van der Waals surface area contributed by atoms with Gasteiger partial charge < -0.3 is 10.4 Å². The van der Waals surface area contributed by atoms with Crippen LogP contribution in [0.5, 0.6) is 5.75 Å². The second kappa shape index (κ2) is 6.81. The van der Waals surface area contributed by atoms with Crippen molar-refractivity contribution < 1.29 is 9.90 Å². The first kappa shape index (κ1) is 14.9. The van der Waals surface area contributed by atoms with Crippen molar-refractivity contribution in [1.82, 2.24) is 0 Å². The Kier molecular flexibility index (Phi) is 5.09. The standard InChI is InChI=1S/C15H14BrNO2S/c1-10-7-11(16)5-6-14(10)20-9-15(19)17-12-3-2-4-13(18)8-12/h2-8,18H,9H2,1H3,(H,17,19). The number of phenolic OH excluding ortho intramolecular Hbond substituents is 1. The number of benzene rings is 2. The van der Waals surface area contributed by atoms with Gasteiger partial charge in [0.05, 0.1) is 5.75 Å². The molecule has 0 spiro atoms. The monoisotopic (exact) mass is 351 g/mol. The zero-order valence-electron chi connectivity index (χ0n) is 10.9. The summed E-state index contributed by atoms with van der Waals surface area (Å²) in [5.74, 6) is 0.375. The van der Waals surface area contributed by atoms with Crippen molar-refractivity contribution in [2.24, 2.45) is 0 Å². The molecule has 2 rings (SSSR count). The highest BCUT2D eigenvalue weighted by atomic mass is 79.9. The quantitative estimate of drug-likeness (QED) is 0.811. The molecule has 5 heteroatoms. The Labute approximate surface area is 130 Å². The molecule has 0 heterocycles. The van der Waals surface area contributed by atoms with Crippen molar-refractivity contribution >= 4 is 39.3 Å². The fourth-order valence-corrected chi connectivity index (χ4v) is 2.98. The molecule has 0 saturated carbocycles. The normalized spacial score (nSPS) is 10.3. The van der Waals surface area contributed by atoms with Crippen LogP contribution in [-0.4, -0.2) is 16.8 Å². The summed E-state index contributed by atoms with van der Waals surface area (Å²) in [6, 6.07) is 12.5. The van der Waals surface area contributed by atoms with Crippen molar-refractivity contribution in [2.75, 3.05) is 11.1 Å². The van der Waals surface area contributed by atoms with Crippen LogP contribution in [0.25, 0.3) is 0 Å². The molecule has 0 unspecified atom stereocenters. The Hall–Kier alpha value is -1.46. The molecule has 0 atom stereocenters. The molecule has 0 saturated heterocycles. The lowest BCUT2D eigenvalue weighted by Gasteiger charge is -2.07. The largest absolute Gasteiger partial charge is 0.508 e. The van der Waals surface area contributed by atoms with Crippen LogP contribution in [0, 0.1) is 6.92 Å². The number of phenols is 1. The predicted molar refractivity (Wildman–Crippen MR) is 86.3 cm³/mol. The lowest BCUT2D eigenvalue weighted by atomic mass is 10.2. The number of anilines is 1. The maximum atomic E-state index is 11.9. The lowest BCUT2D eigenvalue weighted by molar-refractivity contribution is -0.113. The van der Waals surface area contributed by atoms with Crippen molar-refractivity contribution in [3.63, 3.8) is 0 Å². The SMILES string of the molecule is Cc1cc(Br)ccc1SCC(=O)Nc1cccc(O)c1. The van der Waals surface area contributed by atoms with Gasteiger partial charge in [0, 0.05) is 21.1 Å². The van der Waals surface area contributed by atoms with E-state index in [1.807, 2.05) is 25.1 Å². The van der Waals surface area contributed by atoms with E-state index in [1.165, 1.54) is 17.8 Å². The number of thioether (sulfide) groups is 1. The number of hydrogen-bond donors (Lipinski definition) is 2. The van der Waals surface area contributed by atoms with Crippen LogP contribution >= 0.6 is 27.7 Å². The van der Waals surface area contributed by atoms with Crippen molar-refractivity contribution in [3.8, 4) is 5.75 Å². The van der Waals surface area contributed by atoms with E-state index in [1.54, 1.807) is 18.2 Å². The van der Waals surface area contributed by atoms with E-state index >= 15 is 0 Å². The molecular formula is C15H14BrNO2S. The zero-order valence-corrected chi connectivity index (χ0v) is 13.3. The number of aromatic hydroxyl groups is 1. The summed E-state index contributed by atoms with van der Waals surface area (Å²) < 4.78 is 1.03. The molecule has 3 nitrogen and oxygen atoms in total. The summed E-state index contributed by atoms with van der Waals surface area (Å²) in [5.41, 5.74) is 1.73. The molecule has 0 radical (unpaired) electrons. The summed E-state index contributed by atoms with van der Waals surface area (Å²) in [5, 5.41) is 12.1. The minimum absolute atomic E-state index is 0.0945. The van der Waals surface area contributed by atoms with Gasteiger partial charge in [0.25, 0.3) is 0 Å². The first-order chi connectivity index (χ1) is 9.54. The van der Waals surface area contributed by atoms with Gasteiger partial charge in [-0.25, -0.2) is 0 Å². The zero-order chi connectivity index (χ0) is 14.5. The van der Waals surface area contributed by atoms with Gasteiger partial charge in [-0.05, 0) is 42.8 Å². The fraction of sp³-hybridized carbons (Fsp3) is 0.133. The summed E-state index contributed by atoms with van der Waals surface area (Å²) in [4.78, 5) is 12.9. The minimum atomic E-state index is -0.0945. The molecule has 2 aromatic rings. The highest BCUT2D eigenvalue weighted by Crippen LogP contribution is 2.25. The summed E-state index contributed by atoms with van der Waals surface area (Å²) in [6.07, 6.45) is 0. The first-order valence-electron chi connectivity index (χ1n) is 6.02. The Morgan fingerprint density at radius 2 is 2.10 bits per heavy atom. The van der Waals surface area contributed by atoms with Gasteiger partial charge in [-0.2, -0.15) is 0 Å². The maximum Gasteiger partial charge on any atom is 0.234 e. The first-order valence-corrected chi connectivity index (χ1v) is 7.80. The number of carbonyl (C=O) groups is 1. The third kappa shape index (κ3) is 4.28. The predicted octanol–water partition coefficient (Wildman–Crippen LogP) is 4.19. The lowest BCUT2D eigenvalue weighted by Crippen LogP contribution is -2.13. The van der Waals surface area contributed by atoms with E-state index in [4.69, 9.17) is 0 Å². The Bertz CT molecular complexity index is 631. The van der Waals surface area contributed by atoms with Crippen LogP contribution < -0.4 is 5.32 Å². The fourth-order valence-electron chi connectivity index (χ4n) is 1.70. The molecule has 0 fully saturated rings. The smallest absolute Gasteiger partial charge is 0.234 e. The van der Waals surface area contributed by atoms with Crippen LogP contribution in [0.2, 0.25) is 0 Å². The van der Waals surface area contributed by atoms with Gasteiger partial charge in [-0.1, -0.05) is 22.0 Å². The number of rotatable bonds is 4. The molecule has 2 aromatic carbocycles. The highest BCUT2D eigenvalue weighted by Gasteiger charge is 2.06. The Morgan fingerprint density at radius 1 is 1.30 bits per heavy atom. The van der Waals surface area contributed by atoms with E-state index in [0.29, 0.717) is 11.4 Å². The van der Waals surface area contributed by atoms with E-state index in [2.05, 4.69) is 21.2 Å². The molecular weight excluding hydrogens is 338 g/mol. The van der Waals surface area contributed by atoms with Gasteiger partial charge in [0.1, 0.15) is 5.75 Å². The summed E-state index contributed by atoms with van der Waals surface area (Å²) >= 11 is 4.91. The van der Waals surface area contributed by atoms with Crippen LogP contribution in [0.3, 0.4) is 0 Å². The van der Waals surface area contributed by atoms with E-state index in [0.717, 1.165) is 14.9 Å². The second-order valence-corrected chi connectivity index (χ2v) is 6.23. The number of nitrogens with one attached hydrogen (secondary N) is 1. The molecule has 1 amide bonds. The third-order valence-corrected chi connectivity index (χ3v) is 4.29. The maximum absolute atomic E-state index is 11.9. The van der Waals surface area contributed by atoms with Gasteiger partial charge in [0.15, 0.2) is 0 Å². The third-order valence-electron chi connectivity index (χ3n) is 2.63. The summed E-state index contributed by atoms with van der Waals surface area (Å²) in [7, 11) is 0. The van der Waals surface area contributed by atoms with Crippen molar-refractivity contribution in [3.05, 3.63) is 52.5 Å². The van der Waals surface area contributed by atoms with E-state index in [-0.39, 0.29) is 11.7 Å². The number of hydrogen-bond acceptors (Lipinski definition) is 3. The molecule has 0 aromatic heterocycles. The van der Waals surface area contributed by atoms with Crippen LogP contribution in [-0.2, 0) is 4.79 Å². The van der Waals surface area contributed by atoms with Crippen molar-refractivity contribution in [2.45, 2.75) is 11.8 Å². The molecule has 20 heavy (non-hydrogen) atoms. The van der Waals surface area contributed by atoms with E-state index in [9.17, 15) is 9.90 Å². The molecule has 0 aliphatic carbocycles. The van der Waals surface area contributed by atoms with Crippen LogP contribution in [0.4, 0.5) is 5.69 Å². The molecule has 0 bridgehead atoms. The number of halogens is 1. The topological polar surface area (TPSA) is 49.3 Å². The van der Waals surface area contributed by atoms with Gasteiger partial charge in [-0.3, -0.25) is 4.79 Å². The number of aryl methyl sites for hydroxylation is 1. The van der Waals surface area contributed by atoms with Gasteiger partial charge in [0.2, 0.25) is 5.91 Å². The van der Waals surface area contributed by atoms with Crippen LogP contribution in [0.15, 0.2) is 51.8 Å². The average molecular weight is 352 g/mol. The van der Waals surface area contributed by atoms with Crippen molar-refractivity contribution in [1.29, 1.82) is 0 Å². The molecule has 104 valence electrons. The van der Waals surface area contributed by atoms with Gasteiger partial charge in [-0.15, -0.1) is 11.8 Å². The Balaban J connectivity index is 1.92. The van der Waals surface area contributed by atoms with Gasteiger partial charge >= 0.3 is 0 Å². The highest BCUT2D eigenvalue weighted by molar-refractivity contribution is 9.10. The number of amides is 1. The second-order valence-electron chi connectivity index (χ2n) is 4.30. The average Bonchev–Trinajstić information content (AvgIpc) is 2.37.